The van der Waals surface area contributed by atoms with Crippen LogP contribution in [-0.4, -0.2) is 22.5 Å². The Morgan fingerprint density at radius 1 is 1.19 bits per heavy atom. The van der Waals surface area contributed by atoms with Gasteiger partial charge in [-0.25, -0.2) is 4.98 Å². The zero-order valence-electron chi connectivity index (χ0n) is 12.2. The minimum Gasteiger partial charge on any atom is -0.334 e. The third kappa shape index (κ3) is 2.65. The zero-order valence-corrected chi connectivity index (χ0v) is 12.2. The molecule has 0 saturated heterocycles. The molecule has 0 fully saturated rings. The van der Waals surface area contributed by atoms with Crippen LogP contribution in [-0.2, 0) is 18.3 Å². The van der Waals surface area contributed by atoms with E-state index in [0.717, 1.165) is 22.3 Å². The molecule has 0 saturated carbocycles. The number of rotatable bonds is 3. The summed E-state index contributed by atoms with van der Waals surface area (Å²) in [5, 5.41) is 0. The van der Waals surface area contributed by atoms with Gasteiger partial charge < -0.3 is 9.47 Å². The molecule has 0 aliphatic carbocycles. The van der Waals surface area contributed by atoms with Crippen molar-refractivity contribution >= 4 is 22.6 Å². The Hall–Kier alpha value is -2.62. The molecule has 1 aromatic heterocycles. The van der Waals surface area contributed by atoms with Crippen molar-refractivity contribution in [3.8, 4) is 0 Å². The lowest BCUT2D eigenvalue weighted by atomic mass is 10.1. The molecule has 3 aromatic rings. The lowest BCUT2D eigenvalue weighted by Crippen LogP contribution is -2.27. The number of anilines is 1. The van der Waals surface area contributed by atoms with Gasteiger partial charge in [-0.05, 0) is 29.8 Å². The Labute approximate surface area is 123 Å². The maximum atomic E-state index is 12.4. The summed E-state index contributed by atoms with van der Waals surface area (Å²) in [5.74, 6) is 0.0662. The molecule has 0 radical (unpaired) electrons. The van der Waals surface area contributed by atoms with E-state index in [2.05, 4.69) is 4.98 Å². The summed E-state index contributed by atoms with van der Waals surface area (Å²) in [7, 11) is 3.76. The topological polar surface area (TPSA) is 38.1 Å². The molecule has 1 amide bonds. The van der Waals surface area contributed by atoms with Crippen LogP contribution in [0.15, 0.2) is 54.9 Å². The molecule has 0 spiro atoms. The quantitative estimate of drug-likeness (QED) is 0.739. The molecular formula is C17H17N3O. The highest BCUT2D eigenvalue weighted by molar-refractivity contribution is 5.94. The highest BCUT2D eigenvalue weighted by Crippen LogP contribution is 2.16. The summed E-state index contributed by atoms with van der Waals surface area (Å²) in [4.78, 5) is 18.4. The van der Waals surface area contributed by atoms with Gasteiger partial charge >= 0.3 is 0 Å². The first-order chi connectivity index (χ1) is 10.1. The van der Waals surface area contributed by atoms with Crippen molar-refractivity contribution in [2.24, 2.45) is 7.05 Å². The van der Waals surface area contributed by atoms with Gasteiger partial charge in [0, 0.05) is 19.8 Å². The molecule has 2 aromatic carbocycles. The number of aryl methyl sites for hydroxylation is 1. The van der Waals surface area contributed by atoms with Crippen LogP contribution in [0.5, 0.6) is 0 Å². The molecule has 4 heteroatoms. The molecule has 0 bridgehead atoms. The molecule has 106 valence electrons. The lowest BCUT2D eigenvalue weighted by molar-refractivity contribution is -0.117. The molecule has 21 heavy (non-hydrogen) atoms. The van der Waals surface area contributed by atoms with Crippen LogP contribution in [0.1, 0.15) is 5.56 Å². The third-order valence-electron chi connectivity index (χ3n) is 3.66. The maximum Gasteiger partial charge on any atom is 0.231 e. The first-order valence-corrected chi connectivity index (χ1v) is 6.87. The van der Waals surface area contributed by atoms with E-state index in [1.807, 2.05) is 60.1 Å². The van der Waals surface area contributed by atoms with Crippen molar-refractivity contribution < 1.29 is 4.79 Å². The fourth-order valence-electron chi connectivity index (χ4n) is 2.38. The van der Waals surface area contributed by atoms with Gasteiger partial charge in [-0.1, -0.05) is 24.3 Å². The molecule has 4 nitrogen and oxygen atoms in total. The van der Waals surface area contributed by atoms with Gasteiger partial charge in [0.2, 0.25) is 5.91 Å². The predicted molar refractivity (Wildman–Crippen MR) is 84.3 cm³/mol. The fourth-order valence-corrected chi connectivity index (χ4v) is 2.38. The average Bonchev–Trinajstić information content (AvgIpc) is 2.88. The molecule has 1 heterocycles. The van der Waals surface area contributed by atoms with E-state index >= 15 is 0 Å². The number of likely N-dealkylation sites (N-methyl/N-ethyl adjacent to an activating group) is 1. The molecule has 0 aliphatic heterocycles. The SMILES string of the molecule is CN(C(=O)Cc1ccc2c(c1)ncn2C)c1ccccc1. The monoisotopic (exact) mass is 279 g/mol. The summed E-state index contributed by atoms with van der Waals surface area (Å²) in [6.07, 6.45) is 2.16. The molecule has 0 N–H and O–H groups in total. The van der Waals surface area contributed by atoms with Crippen LogP contribution >= 0.6 is 0 Å². The van der Waals surface area contributed by atoms with Crippen molar-refractivity contribution in [2.45, 2.75) is 6.42 Å². The second-order valence-corrected chi connectivity index (χ2v) is 5.14. The van der Waals surface area contributed by atoms with Crippen LogP contribution in [0.2, 0.25) is 0 Å². The maximum absolute atomic E-state index is 12.4. The second kappa shape index (κ2) is 5.40. The largest absolute Gasteiger partial charge is 0.334 e. The second-order valence-electron chi connectivity index (χ2n) is 5.14. The molecule has 0 aliphatic rings. The van der Waals surface area contributed by atoms with Crippen molar-refractivity contribution in [3.63, 3.8) is 0 Å². The van der Waals surface area contributed by atoms with Gasteiger partial charge in [-0.3, -0.25) is 4.79 Å². The van der Waals surface area contributed by atoms with Gasteiger partial charge in [0.05, 0.1) is 23.8 Å². The normalized spacial score (nSPS) is 10.8. The first-order valence-electron chi connectivity index (χ1n) is 6.87. The number of fused-ring (bicyclic) bond motifs is 1. The van der Waals surface area contributed by atoms with E-state index < -0.39 is 0 Å². The van der Waals surface area contributed by atoms with Crippen molar-refractivity contribution in [3.05, 3.63) is 60.4 Å². The summed E-state index contributed by atoms with van der Waals surface area (Å²) < 4.78 is 1.97. The van der Waals surface area contributed by atoms with Crippen LogP contribution in [0.4, 0.5) is 5.69 Å². The van der Waals surface area contributed by atoms with Crippen LogP contribution in [0, 0.1) is 0 Å². The number of hydrogen-bond donors (Lipinski definition) is 0. The van der Waals surface area contributed by atoms with Gasteiger partial charge in [0.15, 0.2) is 0 Å². The number of hydrogen-bond acceptors (Lipinski definition) is 2. The minimum atomic E-state index is 0.0662. The van der Waals surface area contributed by atoms with Crippen LogP contribution < -0.4 is 4.90 Å². The highest BCUT2D eigenvalue weighted by Gasteiger charge is 2.12. The first kappa shape index (κ1) is 13.4. The van der Waals surface area contributed by atoms with E-state index in [0.29, 0.717) is 6.42 Å². The van der Waals surface area contributed by atoms with Crippen molar-refractivity contribution in [2.75, 3.05) is 11.9 Å². The van der Waals surface area contributed by atoms with E-state index in [1.165, 1.54) is 0 Å². The number of carbonyl (C=O) groups is 1. The highest BCUT2D eigenvalue weighted by atomic mass is 16.2. The zero-order chi connectivity index (χ0) is 14.8. The summed E-state index contributed by atoms with van der Waals surface area (Å²) in [5.41, 5.74) is 3.88. The third-order valence-corrected chi connectivity index (χ3v) is 3.66. The van der Waals surface area contributed by atoms with E-state index in [-0.39, 0.29) is 5.91 Å². The number of para-hydroxylation sites is 1. The van der Waals surface area contributed by atoms with E-state index in [4.69, 9.17) is 0 Å². The molecule has 0 atom stereocenters. The molecule has 3 rings (SSSR count). The number of nitrogens with zero attached hydrogens (tertiary/aromatic N) is 3. The number of aromatic nitrogens is 2. The Kier molecular flexibility index (Phi) is 3.44. The van der Waals surface area contributed by atoms with Crippen LogP contribution in [0.25, 0.3) is 11.0 Å². The Morgan fingerprint density at radius 3 is 2.71 bits per heavy atom. The van der Waals surface area contributed by atoms with E-state index in [1.54, 1.807) is 18.3 Å². The minimum absolute atomic E-state index is 0.0662. The van der Waals surface area contributed by atoms with E-state index in [9.17, 15) is 4.79 Å². The van der Waals surface area contributed by atoms with Gasteiger partial charge in [0.25, 0.3) is 0 Å². The van der Waals surface area contributed by atoms with Crippen molar-refractivity contribution in [1.29, 1.82) is 0 Å². The Morgan fingerprint density at radius 2 is 1.95 bits per heavy atom. The average molecular weight is 279 g/mol. The predicted octanol–water partition coefficient (Wildman–Crippen LogP) is 2.78. The van der Waals surface area contributed by atoms with Crippen molar-refractivity contribution in [1.82, 2.24) is 9.55 Å². The fraction of sp³-hybridized carbons (Fsp3) is 0.176. The Balaban J connectivity index is 1.79. The number of carbonyl (C=O) groups excluding carboxylic acids is 1. The number of benzene rings is 2. The molecule has 0 unspecified atom stereocenters. The summed E-state index contributed by atoms with van der Waals surface area (Å²) in [6, 6.07) is 15.6. The van der Waals surface area contributed by atoms with Gasteiger partial charge in [-0.15, -0.1) is 0 Å². The smallest absolute Gasteiger partial charge is 0.231 e. The standard InChI is InChI=1S/C17H17N3O/c1-19-12-18-15-10-13(8-9-16(15)19)11-17(21)20(2)14-6-4-3-5-7-14/h3-10,12H,11H2,1-2H3. The lowest BCUT2D eigenvalue weighted by Gasteiger charge is -2.17. The summed E-state index contributed by atoms with van der Waals surface area (Å²) in [6.45, 7) is 0. The molecular weight excluding hydrogens is 262 g/mol. The number of imidazole rings is 1. The summed E-state index contributed by atoms with van der Waals surface area (Å²) >= 11 is 0. The number of amides is 1. The van der Waals surface area contributed by atoms with Gasteiger partial charge in [-0.2, -0.15) is 0 Å². The van der Waals surface area contributed by atoms with Gasteiger partial charge in [0.1, 0.15) is 0 Å². The Bertz CT molecular complexity index is 777. The van der Waals surface area contributed by atoms with Crippen LogP contribution in [0.3, 0.4) is 0 Å².